The fraction of sp³-hybridized carbons (Fsp3) is 0.438. The number of carbonyl (C=O) groups is 2. The number of amides is 2. The molecule has 3 aromatic rings. The van der Waals surface area contributed by atoms with Crippen LogP contribution in [0, 0.1) is 11.6 Å². The number of aromatic nitrogens is 2. The lowest BCUT2D eigenvalue weighted by molar-refractivity contribution is -0.151. The van der Waals surface area contributed by atoms with Gasteiger partial charge in [0.1, 0.15) is 17.5 Å². The summed E-state index contributed by atoms with van der Waals surface area (Å²) in [5.74, 6) is -0.677. The van der Waals surface area contributed by atoms with Crippen LogP contribution in [0.25, 0.3) is 0 Å². The molecule has 2 aromatic heterocycles. The van der Waals surface area contributed by atoms with Crippen molar-refractivity contribution in [3.8, 4) is 0 Å². The van der Waals surface area contributed by atoms with Crippen LogP contribution in [0.5, 0.6) is 0 Å². The van der Waals surface area contributed by atoms with Gasteiger partial charge in [-0.15, -0.1) is 0 Å². The van der Waals surface area contributed by atoms with E-state index in [4.69, 9.17) is 4.98 Å². The summed E-state index contributed by atoms with van der Waals surface area (Å²) in [5, 5.41) is 6.43. The number of hydrogen-bond donors (Lipinski definition) is 2. The largest absolute Gasteiger partial charge is 0.330 e. The molecule has 9 heteroatoms. The molecule has 2 atom stereocenters. The van der Waals surface area contributed by atoms with Gasteiger partial charge in [-0.1, -0.05) is 25.0 Å². The van der Waals surface area contributed by atoms with Gasteiger partial charge in [-0.2, -0.15) is 0 Å². The van der Waals surface area contributed by atoms with E-state index >= 15 is 0 Å². The van der Waals surface area contributed by atoms with E-state index < -0.39 is 28.1 Å². The summed E-state index contributed by atoms with van der Waals surface area (Å²) < 4.78 is 28.5. The maximum Gasteiger partial charge on any atom is 0.243 e. The van der Waals surface area contributed by atoms with Gasteiger partial charge in [0.2, 0.25) is 11.8 Å². The van der Waals surface area contributed by atoms with Crippen LogP contribution in [0.15, 0.2) is 48.8 Å². The summed E-state index contributed by atoms with van der Waals surface area (Å²) in [5.41, 5.74) is 2.29. The summed E-state index contributed by atoms with van der Waals surface area (Å²) in [4.78, 5) is 38.0. The molecule has 2 aliphatic carbocycles. The van der Waals surface area contributed by atoms with Gasteiger partial charge < -0.3 is 15.5 Å². The van der Waals surface area contributed by atoms with Crippen LogP contribution in [0.3, 0.4) is 0 Å². The van der Waals surface area contributed by atoms with E-state index in [2.05, 4.69) is 21.7 Å². The SMILES string of the molecule is C[C@@]1(c2cc(F)cc(F)c2)CNC2(CCCC2)C(=O)N1CCCc1cnc2c(c1)C[C@@]1(C2)C(=O)Nc2ncccc21. The second-order valence-corrected chi connectivity index (χ2v) is 12.4. The second kappa shape index (κ2) is 9.41. The Hall–Kier alpha value is -3.72. The molecule has 2 aliphatic heterocycles. The lowest BCUT2D eigenvalue weighted by Gasteiger charge is -2.52. The monoisotopic (exact) mass is 557 g/mol. The first kappa shape index (κ1) is 26.2. The Bertz CT molecular complexity index is 1550. The number of nitrogens with one attached hydrogen (secondary N) is 2. The van der Waals surface area contributed by atoms with Crippen molar-refractivity contribution >= 4 is 17.6 Å². The fourth-order valence-corrected chi connectivity index (χ4v) is 7.58. The molecule has 2 fully saturated rings. The summed E-state index contributed by atoms with van der Waals surface area (Å²) in [6.45, 7) is 2.78. The van der Waals surface area contributed by atoms with E-state index in [0.29, 0.717) is 50.2 Å². The molecule has 7 rings (SSSR count). The van der Waals surface area contributed by atoms with Crippen LogP contribution >= 0.6 is 0 Å². The number of pyridine rings is 2. The first-order valence-electron chi connectivity index (χ1n) is 14.5. The third-order valence-corrected chi connectivity index (χ3v) is 9.88. The minimum atomic E-state index is -0.881. The third kappa shape index (κ3) is 4.08. The first-order chi connectivity index (χ1) is 19.7. The van der Waals surface area contributed by atoms with Crippen molar-refractivity contribution in [2.24, 2.45) is 0 Å². The molecule has 2 N–H and O–H groups in total. The predicted octanol–water partition coefficient (Wildman–Crippen LogP) is 4.34. The molecule has 212 valence electrons. The van der Waals surface area contributed by atoms with Crippen LogP contribution < -0.4 is 10.6 Å². The minimum Gasteiger partial charge on any atom is -0.330 e. The van der Waals surface area contributed by atoms with Gasteiger partial charge in [-0.25, -0.2) is 13.8 Å². The molecule has 1 aromatic carbocycles. The van der Waals surface area contributed by atoms with Crippen LogP contribution in [0.4, 0.5) is 14.6 Å². The van der Waals surface area contributed by atoms with Crippen molar-refractivity contribution in [2.45, 2.75) is 74.8 Å². The van der Waals surface area contributed by atoms with Crippen LogP contribution in [-0.4, -0.2) is 45.3 Å². The van der Waals surface area contributed by atoms with E-state index in [-0.39, 0.29) is 11.8 Å². The standard InChI is InChI=1S/C32H33F2N5O2/c1-30(22-13-23(33)15-24(34)14-22)19-37-32(8-2-3-9-32)29(41)39(30)11-5-6-20-12-21-16-31(17-26(21)36-18-20)25-7-4-10-35-27(25)38-28(31)40/h4,7,10,12-15,18,37H,2-3,5-6,8-9,11,16-17,19H2,1H3,(H,35,38,40)/t30-,31-/m0/s1. The number of aryl methyl sites for hydroxylation is 1. The Morgan fingerprint density at radius 2 is 1.80 bits per heavy atom. The van der Waals surface area contributed by atoms with Crippen molar-refractivity contribution < 1.29 is 18.4 Å². The molecule has 4 heterocycles. The highest BCUT2D eigenvalue weighted by Crippen LogP contribution is 2.46. The number of fused-ring (bicyclic) bond motifs is 3. The molecule has 0 radical (unpaired) electrons. The van der Waals surface area contributed by atoms with Gasteiger partial charge in [0.05, 0.1) is 16.5 Å². The molecule has 0 unspecified atom stereocenters. The molecule has 1 saturated carbocycles. The maximum absolute atomic E-state index is 14.3. The van der Waals surface area contributed by atoms with Gasteiger partial charge in [0, 0.05) is 49.2 Å². The average molecular weight is 558 g/mol. The summed E-state index contributed by atoms with van der Waals surface area (Å²) in [7, 11) is 0. The number of hydrogen-bond acceptors (Lipinski definition) is 5. The highest BCUT2D eigenvalue weighted by Gasteiger charge is 2.54. The van der Waals surface area contributed by atoms with E-state index in [1.807, 2.05) is 30.2 Å². The van der Waals surface area contributed by atoms with Gasteiger partial charge in [0.25, 0.3) is 0 Å². The maximum atomic E-state index is 14.3. The normalized spacial score (nSPS) is 26.1. The Balaban J connectivity index is 1.11. The molecular formula is C32H33F2N5O2. The zero-order valence-corrected chi connectivity index (χ0v) is 23.1. The van der Waals surface area contributed by atoms with Crippen LogP contribution in [0.1, 0.15) is 67.0 Å². The van der Waals surface area contributed by atoms with Crippen LogP contribution in [0.2, 0.25) is 0 Å². The lowest BCUT2D eigenvalue weighted by Crippen LogP contribution is -2.70. The van der Waals surface area contributed by atoms with Gasteiger partial charge in [-0.05, 0) is 73.9 Å². The summed E-state index contributed by atoms with van der Waals surface area (Å²) in [6.07, 6.45) is 9.57. The highest BCUT2D eigenvalue weighted by atomic mass is 19.1. The number of anilines is 1. The number of nitrogens with zero attached hydrogens (tertiary/aromatic N) is 3. The Morgan fingerprint density at radius 3 is 2.59 bits per heavy atom. The smallest absolute Gasteiger partial charge is 0.243 e. The van der Waals surface area contributed by atoms with E-state index in [1.165, 1.54) is 12.1 Å². The van der Waals surface area contributed by atoms with Crippen molar-refractivity contribution in [3.05, 3.63) is 88.4 Å². The zero-order chi connectivity index (χ0) is 28.4. The van der Waals surface area contributed by atoms with Gasteiger partial charge >= 0.3 is 0 Å². The van der Waals surface area contributed by atoms with Crippen molar-refractivity contribution in [2.75, 3.05) is 18.4 Å². The Kier molecular flexibility index (Phi) is 6.01. The Morgan fingerprint density at radius 1 is 1.02 bits per heavy atom. The first-order valence-corrected chi connectivity index (χ1v) is 14.5. The highest BCUT2D eigenvalue weighted by molar-refractivity contribution is 6.06. The number of piperazine rings is 1. The third-order valence-electron chi connectivity index (χ3n) is 9.88. The number of benzene rings is 1. The molecule has 0 bridgehead atoms. The van der Waals surface area contributed by atoms with Crippen molar-refractivity contribution in [1.82, 2.24) is 20.2 Å². The fourth-order valence-electron chi connectivity index (χ4n) is 7.58. The quantitative estimate of drug-likeness (QED) is 0.488. The van der Waals surface area contributed by atoms with Crippen molar-refractivity contribution in [1.29, 1.82) is 0 Å². The summed E-state index contributed by atoms with van der Waals surface area (Å²) >= 11 is 0. The molecule has 41 heavy (non-hydrogen) atoms. The molecule has 1 saturated heterocycles. The zero-order valence-electron chi connectivity index (χ0n) is 23.1. The number of halogens is 2. The minimum absolute atomic E-state index is 0.0157. The Labute approximate surface area is 237 Å². The number of carbonyl (C=O) groups excluding carboxylic acids is 2. The van der Waals surface area contributed by atoms with E-state index in [9.17, 15) is 18.4 Å². The second-order valence-electron chi connectivity index (χ2n) is 12.4. The number of rotatable bonds is 5. The lowest BCUT2D eigenvalue weighted by atomic mass is 9.80. The van der Waals surface area contributed by atoms with E-state index in [1.54, 1.807) is 6.20 Å². The van der Waals surface area contributed by atoms with Gasteiger partial charge in [-0.3, -0.25) is 14.6 Å². The van der Waals surface area contributed by atoms with E-state index in [0.717, 1.165) is 54.1 Å². The van der Waals surface area contributed by atoms with Gasteiger partial charge in [0.15, 0.2) is 0 Å². The molecule has 2 spiro atoms. The average Bonchev–Trinajstić information content (AvgIpc) is 3.65. The molecule has 2 amide bonds. The van der Waals surface area contributed by atoms with Crippen LogP contribution in [-0.2, 0) is 39.8 Å². The topological polar surface area (TPSA) is 87.2 Å². The molecule has 7 nitrogen and oxygen atoms in total. The predicted molar refractivity (Wildman–Crippen MR) is 149 cm³/mol. The van der Waals surface area contributed by atoms with Crippen molar-refractivity contribution in [3.63, 3.8) is 0 Å². The summed E-state index contributed by atoms with van der Waals surface area (Å²) in [6, 6.07) is 9.51. The molecular weight excluding hydrogens is 524 g/mol. The molecule has 4 aliphatic rings.